The van der Waals surface area contributed by atoms with Gasteiger partial charge in [0, 0.05) is 5.33 Å². The summed E-state index contributed by atoms with van der Waals surface area (Å²) in [5.74, 6) is -0.193. The van der Waals surface area contributed by atoms with Gasteiger partial charge in [-0.3, -0.25) is 0 Å². The maximum absolute atomic E-state index is 10.8. The minimum Gasteiger partial charge on any atom is -0.489 e. The van der Waals surface area contributed by atoms with E-state index in [0.29, 0.717) is 13.0 Å². The van der Waals surface area contributed by atoms with Gasteiger partial charge in [-0.15, -0.1) is 0 Å². The highest BCUT2D eigenvalue weighted by Crippen LogP contribution is 2.16. The molecule has 0 radical (unpaired) electrons. The molecule has 0 aliphatic rings. The molecule has 0 heterocycles. The van der Waals surface area contributed by atoms with Crippen LogP contribution in [0.3, 0.4) is 0 Å². The molecule has 122 valence electrons. The van der Waals surface area contributed by atoms with Gasteiger partial charge in [-0.2, -0.15) is 0 Å². The van der Waals surface area contributed by atoms with Crippen molar-refractivity contribution in [3.63, 3.8) is 0 Å². The molecule has 0 fully saturated rings. The number of hydrogen-bond donors (Lipinski definition) is 2. The summed E-state index contributed by atoms with van der Waals surface area (Å²) in [7, 11) is 0. The second kappa shape index (κ2) is 8.70. The summed E-state index contributed by atoms with van der Waals surface area (Å²) < 4.78 is 5.68. The van der Waals surface area contributed by atoms with Gasteiger partial charge in [0.2, 0.25) is 0 Å². The van der Waals surface area contributed by atoms with Crippen LogP contribution in [0.25, 0.3) is 0 Å². The number of rotatable bonds is 8. The number of alkyl halides is 1. The molecule has 0 aliphatic heterocycles. The van der Waals surface area contributed by atoms with Crippen LogP contribution >= 0.6 is 15.9 Å². The fourth-order valence-corrected chi connectivity index (χ4v) is 2.66. The summed E-state index contributed by atoms with van der Waals surface area (Å²) in [6.45, 7) is 0.380. The van der Waals surface area contributed by atoms with Crippen LogP contribution in [0.5, 0.6) is 5.75 Å². The van der Waals surface area contributed by atoms with Gasteiger partial charge in [-0.05, 0) is 48.2 Å². The Labute approximate surface area is 143 Å². The summed E-state index contributed by atoms with van der Waals surface area (Å²) in [6, 6.07) is 14.3. The summed E-state index contributed by atoms with van der Waals surface area (Å²) >= 11 is 3.32. The van der Waals surface area contributed by atoms with Gasteiger partial charge in [0.05, 0.1) is 11.7 Å². The predicted molar refractivity (Wildman–Crippen MR) is 92.3 cm³/mol. The largest absolute Gasteiger partial charge is 0.489 e. The molecule has 1 unspecified atom stereocenters. The highest BCUT2D eigenvalue weighted by Gasteiger charge is 2.05. The Hall–Kier alpha value is -1.85. The highest BCUT2D eigenvalue weighted by atomic mass is 79.9. The van der Waals surface area contributed by atoms with Gasteiger partial charge in [-0.1, -0.05) is 40.2 Å². The first-order valence-electron chi connectivity index (χ1n) is 7.36. The molecule has 1 atom stereocenters. The molecule has 2 aromatic carbocycles. The SMILES string of the molecule is O=C(O)c1ccc(COc2ccc(CC(O)CCBr)cc2)cc1. The van der Waals surface area contributed by atoms with Crippen LogP contribution in [-0.4, -0.2) is 27.6 Å². The van der Waals surface area contributed by atoms with Gasteiger partial charge in [0.25, 0.3) is 0 Å². The van der Waals surface area contributed by atoms with E-state index in [4.69, 9.17) is 9.84 Å². The molecular weight excluding hydrogens is 360 g/mol. The van der Waals surface area contributed by atoms with Crippen LogP contribution in [0.1, 0.15) is 27.9 Å². The molecule has 0 aromatic heterocycles. The lowest BCUT2D eigenvalue weighted by Crippen LogP contribution is -2.10. The monoisotopic (exact) mass is 378 g/mol. The maximum atomic E-state index is 10.8. The number of carbonyl (C=O) groups is 1. The first-order valence-corrected chi connectivity index (χ1v) is 8.48. The Kier molecular flexibility index (Phi) is 6.62. The average Bonchev–Trinajstić information content (AvgIpc) is 2.55. The quantitative estimate of drug-likeness (QED) is 0.688. The Morgan fingerprint density at radius 2 is 1.65 bits per heavy atom. The fraction of sp³-hybridized carbons (Fsp3) is 0.278. The van der Waals surface area contributed by atoms with E-state index in [1.54, 1.807) is 24.3 Å². The smallest absolute Gasteiger partial charge is 0.335 e. The van der Waals surface area contributed by atoms with Crippen molar-refractivity contribution >= 4 is 21.9 Å². The van der Waals surface area contributed by atoms with E-state index < -0.39 is 5.97 Å². The van der Waals surface area contributed by atoms with E-state index in [1.807, 2.05) is 24.3 Å². The molecular formula is C18H19BrO4. The van der Waals surface area contributed by atoms with Crippen molar-refractivity contribution in [1.82, 2.24) is 0 Å². The topological polar surface area (TPSA) is 66.8 Å². The maximum Gasteiger partial charge on any atom is 0.335 e. The molecule has 2 N–H and O–H groups in total. The standard InChI is InChI=1S/C18H19BrO4/c19-10-9-16(20)11-13-3-7-17(8-4-13)23-12-14-1-5-15(6-2-14)18(21)22/h1-8,16,20H,9-12H2,(H,21,22). The Morgan fingerprint density at radius 1 is 1.04 bits per heavy atom. The van der Waals surface area contributed by atoms with Gasteiger partial charge in [0.1, 0.15) is 12.4 Å². The molecule has 0 saturated carbocycles. The van der Waals surface area contributed by atoms with Crippen LogP contribution in [-0.2, 0) is 13.0 Å². The molecule has 0 bridgehead atoms. The molecule has 2 rings (SSSR count). The summed E-state index contributed by atoms with van der Waals surface area (Å²) in [4.78, 5) is 10.8. The Balaban J connectivity index is 1.87. The molecule has 0 spiro atoms. The lowest BCUT2D eigenvalue weighted by Gasteiger charge is -2.10. The third-order valence-corrected chi connectivity index (χ3v) is 3.90. The second-order valence-electron chi connectivity index (χ2n) is 5.27. The summed E-state index contributed by atoms with van der Waals surface area (Å²) in [5, 5.41) is 19.4. The number of hydrogen-bond acceptors (Lipinski definition) is 3. The number of carboxylic acids is 1. The van der Waals surface area contributed by atoms with Crippen LogP contribution in [0, 0.1) is 0 Å². The van der Waals surface area contributed by atoms with Crippen molar-refractivity contribution < 1.29 is 19.7 Å². The van der Waals surface area contributed by atoms with Crippen molar-refractivity contribution in [2.75, 3.05) is 5.33 Å². The second-order valence-corrected chi connectivity index (χ2v) is 6.06. The Bertz CT molecular complexity index is 622. The molecule has 2 aromatic rings. The van der Waals surface area contributed by atoms with Crippen LogP contribution < -0.4 is 4.74 Å². The normalized spacial score (nSPS) is 11.9. The van der Waals surface area contributed by atoms with E-state index in [1.165, 1.54) is 0 Å². The zero-order valence-electron chi connectivity index (χ0n) is 12.6. The molecule has 0 saturated heterocycles. The molecule has 0 amide bonds. The lowest BCUT2D eigenvalue weighted by molar-refractivity contribution is 0.0697. The van der Waals surface area contributed by atoms with Crippen molar-refractivity contribution in [2.45, 2.75) is 25.6 Å². The van der Waals surface area contributed by atoms with Crippen LogP contribution in [0.2, 0.25) is 0 Å². The third-order valence-electron chi connectivity index (χ3n) is 3.44. The highest BCUT2D eigenvalue weighted by molar-refractivity contribution is 9.09. The predicted octanol–water partition coefficient (Wildman–Crippen LogP) is 3.65. The Morgan fingerprint density at radius 3 is 2.22 bits per heavy atom. The number of aromatic carboxylic acids is 1. The first-order chi connectivity index (χ1) is 11.1. The van der Waals surface area contributed by atoms with E-state index in [0.717, 1.165) is 28.6 Å². The number of aliphatic hydroxyl groups is 1. The molecule has 4 nitrogen and oxygen atoms in total. The minimum atomic E-state index is -0.935. The van der Waals surface area contributed by atoms with Crippen molar-refractivity contribution in [1.29, 1.82) is 0 Å². The summed E-state index contributed by atoms with van der Waals surface area (Å²) in [5.41, 5.74) is 2.24. The van der Waals surface area contributed by atoms with E-state index >= 15 is 0 Å². The van der Waals surface area contributed by atoms with Crippen LogP contribution in [0.15, 0.2) is 48.5 Å². The van der Waals surface area contributed by atoms with Crippen molar-refractivity contribution in [3.8, 4) is 5.75 Å². The van der Waals surface area contributed by atoms with Crippen molar-refractivity contribution in [2.24, 2.45) is 0 Å². The van der Waals surface area contributed by atoms with Gasteiger partial charge < -0.3 is 14.9 Å². The average molecular weight is 379 g/mol. The van der Waals surface area contributed by atoms with Crippen LogP contribution in [0.4, 0.5) is 0 Å². The zero-order valence-corrected chi connectivity index (χ0v) is 14.2. The number of benzene rings is 2. The lowest BCUT2D eigenvalue weighted by atomic mass is 10.1. The van der Waals surface area contributed by atoms with E-state index in [9.17, 15) is 9.90 Å². The number of halogens is 1. The molecule has 5 heteroatoms. The van der Waals surface area contributed by atoms with Gasteiger partial charge in [-0.25, -0.2) is 4.79 Å². The van der Waals surface area contributed by atoms with E-state index in [-0.39, 0.29) is 11.7 Å². The third kappa shape index (κ3) is 5.69. The zero-order chi connectivity index (χ0) is 16.7. The molecule has 23 heavy (non-hydrogen) atoms. The minimum absolute atomic E-state index is 0.264. The van der Waals surface area contributed by atoms with Crippen molar-refractivity contribution in [3.05, 3.63) is 65.2 Å². The number of aliphatic hydroxyl groups excluding tert-OH is 1. The van der Waals surface area contributed by atoms with Gasteiger partial charge in [0.15, 0.2) is 0 Å². The molecule has 0 aliphatic carbocycles. The number of carboxylic acid groups (broad SMARTS) is 1. The summed E-state index contributed by atoms with van der Waals surface area (Å²) in [6.07, 6.45) is 1.02. The van der Waals surface area contributed by atoms with Gasteiger partial charge >= 0.3 is 5.97 Å². The first kappa shape index (κ1) is 17.5. The number of ether oxygens (including phenoxy) is 1. The van der Waals surface area contributed by atoms with E-state index in [2.05, 4.69) is 15.9 Å². The fourth-order valence-electron chi connectivity index (χ4n) is 2.13.